The van der Waals surface area contributed by atoms with E-state index in [1.165, 1.54) is 5.56 Å². The molecule has 3 heteroatoms. The van der Waals surface area contributed by atoms with E-state index in [9.17, 15) is 0 Å². The molecule has 0 aliphatic carbocycles. The second-order valence-corrected chi connectivity index (χ2v) is 5.00. The Morgan fingerprint density at radius 2 is 1.70 bits per heavy atom. The summed E-state index contributed by atoms with van der Waals surface area (Å²) < 4.78 is 10.6. The van der Waals surface area contributed by atoms with Crippen LogP contribution in [0.2, 0.25) is 0 Å². The summed E-state index contributed by atoms with van der Waals surface area (Å²) in [7, 11) is 3.28. The van der Waals surface area contributed by atoms with Gasteiger partial charge in [-0.15, -0.1) is 11.6 Å². The summed E-state index contributed by atoms with van der Waals surface area (Å²) in [6.45, 7) is 2.14. The molecule has 2 aromatic rings. The van der Waals surface area contributed by atoms with Crippen molar-refractivity contribution in [3.05, 3.63) is 59.2 Å². The van der Waals surface area contributed by atoms with Crippen LogP contribution in [-0.4, -0.2) is 14.2 Å². The van der Waals surface area contributed by atoms with Gasteiger partial charge in [0.25, 0.3) is 0 Å². The lowest BCUT2D eigenvalue weighted by Crippen LogP contribution is -1.98. The molecule has 0 saturated heterocycles. The molecule has 0 aliphatic heterocycles. The van der Waals surface area contributed by atoms with E-state index in [4.69, 9.17) is 21.1 Å². The highest BCUT2D eigenvalue weighted by Crippen LogP contribution is 2.37. The van der Waals surface area contributed by atoms with Gasteiger partial charge in [-0.1, -0.05) is 31.2 Å². The van der Waals surface area contributed by atoms with Crippen LogP contribution in [0.1, 0.15) is 29.0 Å². The number of alkyl halides is 1. The van der Waals surface area contributed by atoms with Crippen molar-refractivity contribution < 1.29 is 9.47 Å². The van der Waals surface area contributed by atoms with Crippen LogP contribution in [0.25, 0.3) is 0 Å². The summed E-state index contributed by atoms with van der Waals surface area (Å²) in [6.07, 6.45) is 1.03. The van der Waals surface area contributed by atoms with Crippen LogP contribution in [-0.2, 0) is 6.42 Å². The zero-order valence-electron chi connectivity index (χ0n) is 12.0. The average molecular weight is 291 g/mol. The summed E-state index contributed by atoms with van der Waals surface area (Å²) in [5, 5.41) is -0.234. The van der Waals surface area contributed by atoms with Gasteiger partial charge >= 0.3 is 0 Å². The first kappa shape index (κ1) is 14.7. The minimum absolute atomic E-state index is 0.234. The zero-order valence-corrected chi connectivity index (χ0v) is 12.8. The van der Waals surface area contributed by atoms with Crippen molar-refractivity contribution >= 4 is 11.6 Å². The molecule has 106 valence electrons. The van der Waals surface area contributed by atoms with Gasteiger partial charge in [-0.3, -0.25) is 0 Å². The van der Waals surface area contributed by atoms with E-state index in [1.807, 2.05) is 18.2 Å². The molecule has 0 heterocycles. The second-order valence-electron chi connectivity index (χ2n) is 4.57. The Kier molecular flexibility index (Phi) is 4.91. The fourth-order valence-electron chi connectivity index (χ4n) is 2.13. The average Bonchev–Trinajstić information content (AvgIpc) is 2.53. The normalized spacial score (nSPS) is 12.0. The third-order valence-corrected chi connectivity index (χ3v) is 3.88. The molecule has 0 aliphatic rings. The molecule has 0 N–H and O–H groups in total. The molecule has 0 radical (unpaired) electrons. The Balaban J connectivity index is 2.33. The highest BCUT2D eigenvalue weighted by molar-refractivity contribution is 6.22. The molecule has 2 nitrogen and oxygen atoms in total. The number of aryl methyl sites for hydroxylation is 1. The summed E-state index contributed by atoms with van der Waals surface area (Å²) >= 11 is 6.59. The van der Waals surface area contributed by atoms with E-state index in [-0.39, 0.29) is 5.38 Å². The molecule has 0 fully saturated rings. The molecule has 2 rings (SSSR count). The van der Waals surface area contributed by atoms with Crippen LogP contribution < -0.4 is 9.47 Å². The number of rotatable bonds is 5. The van der Waals surface area contributed by atoms with Crippen molar-refractivity contribution in [1.82, 2.24) is 0 Å². The van der Waals surface area contributed by atoms with E-state index in [1.54, 1.807) is 14.2 Å². The molecular formula is C17H19ClO2. The fourth-order valence-corrected chi connectivity index (χ4v) is 2.46. The topological polar surface area (TPSA) is 18.5 Å². The van der Waals surface area contributed by atoms with Crippen LogP contribution in [0.5, 0.6) is 11.5 Å². The summed E-state index contributed by atoms with van der Waals surface area (Å²) in [6, 6.07) is 14.1. The fraction of sp³-hybridized carbons (Fsp3) is 0.294. The Morgan fingerprint density at radius 1 is 1.00 bits per heavy atom. The van der Waals surface area contributed by atoms with Gasteiger partial charge in [0.1, 0.15) is 11.5 Å². The van der Waals surface area contributed by atoms with Crippen LogP contribution in [0.15, 0.2) is 42.5 Å². The second kappa shape index (κ2) is 6.67. The van der Waals surface area contributed by atoms with E-state index in [0.29, 0.717) is 0 Å². The van der Waals surface area contributed by atoms with Gasteiger partial charge in [-0.05, 0) is 29.7 Å². The van der Waals surface area contributed by atoms with Gasteiger partial charge in [0.05, 0.1) is 19.6 Å². The Hall–Kier alpha value is -1.67. The van der Waals surface area contributed by atoms with Crippen molar-refractivity contribution in [2.75, 3.05) is 14.2 Å². The number of methoxy groups -OCH3 is 2. The summed E-state index contributed by atoms with van der Waals surface area (Å²) in [5.41, 5.74) is 3.31. The smallest absolute Gasteiger partial charge is 0.127 e. The monoisotopic (exact) mass is 290 g/mol. The van der Waals surface area contributed by atoms with Crippen molar-refractivity contribution in [3.63, 3.8) is 0 Å². The molecule has 0 saturated carbocycles. The van der Waals surface area contributed by atoms with Gasteiger partial charge in [0.2, 0.25) is 0 Å². The van der Waals surface area contributed by atoms with Crippen LogP contribution >= 0.6 is 11.6 Å². The molecule has 0 aromatic heterocycles. The number of hydrogen-bond donors (Lipinski definition) is 0. The van der Waals surface area contributed by atoms with E-state index in [0.717, 1.165) is 29.0 Å². The molecule has 1 unspecified atom stereocenters. The number of benzene rings is 2. The van der Waals surface area contributed by atoms with E-state index in [2.05, 4.69) is 31.2 Å². The lowest BCUT2D eigenvalue weighted by molar-refractivity contribution is 0.391. The molecule has 0 bridgehead atoms. The largest absolute Gasteiger partial charge is 0.497 e. The third kappa shape index (κ3) is 3.07. The first-order valence-corrected chi connectivity index (χ1v) is 7.08. The minimum atomic E-state index is -0.234. The number of halogens is 1. The van der Waals surface area contributed by atoms with Gasteiger partial charge in [0, 0.05) is 11.6 Å². The number of hydrogen-bond acceptors (Lipinski definition) is 2. The van der Waals surface area contributed by atoms with E-state index < -0.39 is 0 Å². The maximum Gasteiger partial charge on any atom is 0.127 e. The standard InChI is InChI=1S/C17H19ClO2/c1-4-12-5-7-13(8-6-12)17(18)15-10-9-14(19-2)11-16(15)20-3/h5-11,17H,4H2,1-3H3. The molecular weight excluding hydrogens is 272 g/mol. The number of ether oxygens (including phenoxy) is 2. The van der Waals surface area contributed by atoms with Crippen LogP contribution in [0, 0.1) is 0 Å². The maximum atomic E-state index is 6.59. The predicted octanol–water partition coefficient (Wildman–Crippen LogP) is 4.59. The van der Waals surface area contributed by atoms with Crippen LogP contribution in [0.4, 0.5) is 0 Å². The van der Waals surface area contributed by atoms with Crippen molar-refractivity contribution in [1.29, 1.82) is 0 Å². The van der Waals surface area contributed by atoms with Gasteiger partial charge in [-0.25, -0.2) is 0 Å². The van der Waals surface area contributed by atoms with Crippen molar-refractivity contribution in [2.24, 2.45) is 0 Å². The third-order valence-electron chi connectivity index (χ3n) is 3.39. The highest BCUT2D eigenvalue weighted by Gasteiger charge is 2.16. The Bertz CT molecular complexity index is 564. The summed E-state index contributed by atoms with van der Waals surface area (Å²) in [4.78, 5) is 0. The zero-order chi connectivity index (χ0) is 14.5. The van der Waals surface area contributed by atoms with Gasteiger partial charge in [0.15, 0.2) is 0 Å². The molecule has 1 atom stereocenters. The van der Waals surface area contributed by atoms with Crippen molar-refractivity contribution in [2.45, 2.75) is 18.7 Å². The minimum Gasteiger partial charge on any atom is -0.497 e. The SMILES string of the molecule is CCc1ccc(C(Cl)c2ccc(OC)cc2OC)cc1. The first-order chi connectivity index (χ1) is 9.69. The Labute approximate surface area is 125 Å². The van der Waals surface area contributed by atoms with E-state index >= 15 is 0 Å². The van der Waals surface area contributed by atoms with Crippen molar-refractivity contribution in [3.8, 4) is 11.5 Å². The predicted molar refractivity (Wildman–Crippen MR) is 83.1 cm³/mol. The molecule has 0 amide bonds. The summed E-state index contributed by atoms with van der Waals surface area (Å²) in [5.74, 6) is 1.50. The molecule has 0 spiro atoms. The lowest BCUT2D eigenvalue weighted by atomic mass is 10.0. The van der Waals surface area contributed by atoms with Gasteiger partial charge in [-0.2, -0.15) is 0 Å². The highest BCUT2D eigenvalue weighted by atomic mass is 35.5. The maximum absolute atomic E-state index is 6.59. The van der Waals surface area contributed by atoms with Gasteiger partial charge < -0.3 is 9.47 Å². The Morgan fingerprint density at radius 3 is 2.25 bits per heavy atom. The molecule has 2 aromatic carbocycles. The van der Waals surface area contributed by atoms with Crippen LogP contribution in [0.3, 0.4) is 0 Å². The molecule has 20 heavy (non-hydrogen) atoms. The lowest BCUT2D eigenvalue weighted by Gasteiger charge is -2.15. The first-order valence-electron chi connectivity index (χ1n) is 6.64. The quantitative estimate of drug-likeness (QED) is 0.750.